The maximum atomic E-state index is 11.9. The zero-order chi connectivity index (χ0) is 14.4. The van der Waals surface area contributed by atoms with Crippen LogP contribution in [0.1, 0.15) is 37.0 Å². The lowest BCUT2D eigenvalue weighted by atomic mass is 9.94. The van der Waals surface area contributed by atoms with Gasteiger partial charge in [-0.15, -0.1) is 11.3 Å². The molecule has 4 nitrogen and oxygen atoms in total. The summed E-state index contributed by atoms with van der Waals surface area (Å²) in [5.74, 6) is -0.584. The lowest BCUT2D eigenvalue weighted by molar-refractivity contribution is -0.138. The molecule has 0 aliphatic carbocycles. The molecule has 0 radical (unpaired) electrons. The lowest BCUT2D eigenvalue weighted by Crippen LogP contribution is -2.30. The summed E-state index contributed by atoms with van der Waals surface area (Å²) in [4.78, 5) is 22.7. The van der Waals surface area contributed by atoms with Crippen molar-refractivity contribution in [2.45, 2.75) is 26.7 Å². The summed E-state index contributed by atoms with van der Waals surface area (Å²) in [5.41, 5.74) is 0.607. The quantitative estimate of drug-likeness (QED) is 0.794. The Bertz CT molecular complexity index is 445. The van der Waals surface area contributed by atoms with Gasteiger partial charge in [0.1, 0.15) is 0 Å². The number of carboxylic acid groups (broad SMARTS) is 1. The number of carbonyl (C=O) groups excluding carboxylic acids is 1. The Hall–Kier alpha value is -0.880. The van der Waals surface area contributed by atoms with Gasteiger partial charge in [0.25, 0.3) is 5.91 Å². The average molecular weight is 348 g/mol. The first kappa shape index (κ1) is 16.2. The van der Waals surface area contributed by atoms with E-state index in [2.05, 4.69) is 21.2 Å². The predicted molar refractivity (Wildman–Crippen MR) is 79.6 cm³/mol. The normalized spacial score (nSPS) is 12.4. The van der Waals surface area contributed by atoms with Gasteiger partial charge in [0.15, 0.2) is 0 Å². The fraction of sp³-hybridized carbons (Fsp3) is 0.538. The largest absolute Gasteiger partial charge is 0.481 e. The highest BCUT2D eigenvalue weighted by Crippen LogP contribution is 2.21. The fourth-order valence-corrected chi connectivity index (χ4v) is 3.06. The second-order valence-corrected chi connectivity index (χ2v) is 7.23. The molecule has 0 aliphatic heterocycles. The molecule has 1 amide bonds. The molecule has 6 heteroatoms. The van der Waals surface area contributed by atoms with Crippen LogP contribution in [0.3, 0.4) is 0 Å². The minimum Gasteiger partial charge on any atom is -0.481 e. The van der Waals surface area contributed by atoms with E-state index in [1.165, 1.54) is 11.3 Å². The van der Waals surface area contributed by atoms with Crippen molar-refractivity contribution in [1.82, 2.24) is 5.32 Å². The number of carbonyl (C=O) groups is 2. The van der Waals surface area contributed by atoms with E-state index in [-0.39, 0.29) is 18.2 Å². The molecule has 1 atom stereocenters. The van der Waals surface area contributed by atoms with Gasteiger partial charge in [-0.3, -0.25) is 9.59 Å². The van der Waals surface area contributed by atoms with E-state index in [1.54, 1.807) is 11.4 Å². The highest BCUT2D eigenvalue weighted by molar-refractivity contribution is 9.11. The SMILES string of the molecule is CC(C)C[C@H](CNC(=O)c1csc(Br)c1)CC(=O)O. The van der Waals surface area contributed by atoms with E-state index < -0.39 is 5.97 Å². The van der Waals surface area contributed by atoms with Crippen LogP contribution in [0.5, 0.6) is 0 Å². The number of amides is 1. The average Bonchev–Trinajstić information content (AvgIpc) is 2.71. The smallest absolute Gasteiger partial charge is 0.303 e. The van der Waals surface area contributed by atoms with Gasteiger partial charge < -0.3 is 10.4 Å². The van der Waals surface area contributed by atoms with Crippen LogP contribution in [-0.2, 0) is 4.79 Å². The Morgan fingerprint density at radius 3 is 2.63 bits per heavy atom. The van der Waals surface area contributed by atoms with Gasteiger partial charge >= 0.3 is 5.97 Å². The van der Waals surface area contributed by atoms with E-state index >= 15 is 0 Å². The predicted octanol–water partition coefficient (Wildman–Crippen LogP) is 3.38. The van der Waals surface area contributed by atoms with Crippen LogP contribution in [-0.4, -0.2) is 23.5 Å². The molecule has 19 heavy (non-hydrogen) atoms. The number of halogens is 1. The molecule has 1 aromatic rings. The summed E-state index contributed by atoms with van der Waals surface area (Å²) in [5, 5.41) is 13.4. The van der Waals surface area contributed by atoms with Gasteiger partial charge in [-0.2, -0.15) is 0 Å². The van der Waals surface area contributed by atoms with Crippen molar-refractivity contribution in [1.29, 1.82) is 0 Å². The van der Waals surface area contributed by atoms with E-state index in [0.717, 1.165) is 10.2 Å². The fourth-order valence-electron chi connectivity index (χ4n) is 1.92. The molecule has 106 valence electrons. The summed E-state index contributed by atoms with van der Waals surface area (Å²) < 4.78 is 0.905. The Morgan fingerprint density at radius 2 is 2.16 bits per heavy atom. The van der Waals surface area contributed by atoms with Crippen LogP contribution in [0.25, 0.3) is 0 Å². The third kappa shape index (κ3) is 6.20. The number of nitrogens with one attached hydrogen (secondary N) is 1. The van der Waals surface area contributed by atoms with E-state index in [9.17, 15) is 9.59 Å². The minimum absolute atomic E-state index is 0.0245. The number of rotatable bonds is 7. The van der Waals surface area contributed by atoms with Gasteiger partial charge in [0, 0.05) is 18.3 Å². The summed E-state index contributed by atoms with van der Waals surface area (Å²) in [6, 6.07) is 1.76. The van der Waals surface area contributed by atoms with Crippen molar-refractivity contribution in [2.75, 3.05) is 6.54 Å². The Kier molecular flexibility index (Phi) is 6.51. The molecule has 0 saturated heterocycles. The molecule has 1 heterocycles. The summed E-state index contributed by atoms with van der Waals surface area (Å²) in [6.45, 7) is 4.50. The molecular formula is C13H18BrNO3S. The summed E-state index contributed by atoms with van der Waals surface area (Å²) in [6.07, 6.45) is 0.881. The second kappa shape index (κ2) is 7.65. The van der Waals surface area contributed by atoms with Crippen molar-refractivity contribution in [3.8, 4) is 0 Å². The molecule has 0 aromatic carbocycles. The number of hydrogen-bond acceptors (Lipinski definition) is 3. The minimum atomic E-state index is -0.821. The monoisotopic (exact) mass is 347 g/mol. The number of thiophene rings is 1. The molecule has 1 rings (SSSR count). The van der Waals surface area contributed by atoms with Crippen molar-refractivity contribution < 1.29 is 14.7 Å². The van der Waals surface area contributed by atoms with Crippen LogP contribution in [0.2, 0.25) is 0 Å². The molecule has 0 saturated carbocycles. The molecule has 0 bridgehead atoms. The Balaban J connectivity index is 2.50. The van der Waals surface area contributed by atoms with Gasteiger partial charge in [-0.05, 0) is 40.3 Å². The first-order chi connectivity index (χ1) is 8.88. The highest BCUT2D eigenvalue weighted by atomic mass is 79.9. The molecule has 0 aliphatic rings. The maximum Gasteiger partial charge on any atom is 0.303 e. The van der Waals surface area contributed by atoms with Gasteiger partial charge in [-0.25, -0.2) is 0 Å². The second-order valence-electron chi connectivity index (χ2n) is 4.94. The molecule has 0 unspecified atom stereocenters. The zero-order valence-corrected chi connectivity index (χ0v) is 13.4. The van der Waals surface area contributed by atoms with Crippen LogP contribution in [0.4, 0.5) is 0 Å². The number of carboxylic acids is 1. The molecular weight excluding hydrogens is 330 g/mol. The van der Waals surface area contributed by atoms with Crippen LogP contribution < -0.4 is 5.32 Å². The van der Waals surface area contributed by atoms with Gasteiger partial charge in [0.05, 0.1) is 9.35 Å². The Morgan fingerprint density at radius 1 is 1.47 bits per heavy atom. The first-order valence-corrected chi connectivity index (χ1v) is 7.79. The number of hydrogen-bond donors (Lipinski definition) is 2. The van der Waals surface area contributed by atoms with E-state index in [0.29, 0.717) is 18.0 Å². The zero-order valence-electron chi connectivity index (χ0n) is 11.0. The summed E-state index contributed by atoms with van der Waals surface area (Å²) in [7, 11) is 0. The van der Waals surface area contributed by atoms with Gasteiger partial charge in [-0.1, -0.05) is 13.8 Å². The van der Waals surface area contributed by atoms with Crippen LogP contribution >= 0.6 is 27.3 Å². The van der Waals surface area contributed by atoms with Crippen molar-refractivity contribution in [3.63, 3.8) is 0 Å². The molecule has 0 spiro atoms. The van der Waals surface area contributed by atoms with Crippen molar-refractivity contribution in [2.24, 2.45) is 11.8 Å². The standard InChI is InChI=1S/C13H18BrNO3S/c1-8(2)3-9(4-12(16)17)6-15-13(18)10-5-11(14)19-7-10/h5,7-9H,3-4,6H2,1-2H3,(H,15,18)(H,16,17)/t9-/m0/s1. The Labute approximate surface area is 125 Å². The van der Waals surface area contributed by atoms with Crippen molar-refractivity contribution in [3.05, 3.63) is 20.8 Å². The number of aliphatic carboxylic acids is 1. The van der Waals surface area contributed by atoms with E-state index in [4.69, 9.17) is 5.11 Å². The maximum absolute atomic E-state index is 11.9. The highest BCUT2D eigenvalue weighted by Gasteiger charge is 2.17. The van der Waals surface area contributed by atoms with Gasteiger partial charge in [0.2, 0.25) is 0 Å². The van der Waals surface area contributed by atoms with Crippen LogP contribution in [0.15, 0.2) is 15.2 Å². The lowest BCUT2D eigenvalue weighted by Gasteiger charge is -2.17. The van der Waals surface area contributed by atoms with E-state index in [1.807, 2.05) is 13.8 Å². The summed E-state index contributed by atoms with van der Waals surface area (Å²) >= 11 is 4.76. The molecule has 0 fully saturated rings. The molecule has 1 aromatic heterocycles. The van der Waals surface area contributed by atoms with Crippen LogP contribution in [0, 0.1) is 11.8 Å². The third-order valence-corrected chi connectivity index (χ3v) is 4.15. The van der Waals surface area contributed by atoms with Crippen molar-refractivity contribution >= 4 is 39.1 Å². The first-order valence-electron chi connectivity index (χ1n) is 6.12. The molecule has 2 N–H and O–H groups in total. The third-order valence-electron chi connectivity index (χ3n) is 2.65. The topological polar surface area (TPSA) is 66.4 Å².